The van der Waals surface area contributed by atoms with Crippen molar-refractivity contribution < 1.29 is 4.79 Å². The molecule has 0 atom stereocenters. The predicted molar refractivity (Wildman–Crippen MR) is 90.3 cm³/mol. The molecule has 1 aromatic rings. The maximum atomic E-state index is 11.7. The van der Waals surface area contributed by atoms with Crippen LogP contribution in [0.5, 0.6) is 0 Å². The maximum Gasteiger partial charge on any atom is 0.241 e. The van der Waals surface area contributed by atoms with E-state index in [9.17, 15) is 4.79 Å². The first-order valence-corrected chi connectivity index (χ1v) is 8.42. The summed E-state index contributed by atoms with van der Waals surface area (Å²) in [6.45, 7) is 0.964. The fourth-order valence-corrected chi connectivity index (χ4v) is 3.66. The molecule has 0 bridgehead atoms. The predicted octanol–water partition coefficient (Wildman–Crippen LogP) is 1.12. The fraction of sp³-hybridized carbons (Fsp3) is 0.667. The molecular formula is C15H25N5OS. The summed E-state index contributed by atoms with van der Waals surface area (Å²) in [6, 6.07) is 0. The Hall–Kier alpha value is -1.63. The number of thiazole rings is 1. The van der Waals surface area contributed by atoms with Crippen LogP contribution in [0.2, 0.25) is 0 Å². The van der Waals surface area contributed by atoms with Crippen LogP contribution >= 0.6 is 11.3 Å². The molecule has 0 radical (unpaired) electrons. The van der Waals surface area contributed by atoms with Crippen LogP contribution in [0.1, 0.15) is 28.4 Å². The van der Waals surface area contributed by atoms with Crippen LogP contribution in [-0.4, -0.2) is 61.4 Å². The number of nitrogens with one attached hydrogen (secondary N) is 1. The molecule has 0 aromatic carbocycles. The number of carbonyl (C=O) groups is 1. The summed E-state index contributed by atoms with van der Waals surface area (Å²) in [4.78, 5) is 25.7. The van der Waals surface area contributed by atoms with Crippen LogP contribution in [-0.2, 0) is 24.2 Å². The maximum absolute atomic E-state index is 11.7. The molecule has 1 aliphatic carbocycles. The number of hydrogen-bond donors (Lipinski definition) is 1. The molecule has 22 heavy (non-hydrogen) atoms. The van der Waals surface area contributed by atoms with Crippen molar-refractivity contribution in [3.8, 4) is 0 Å². The van der Waals surface area contributed by atoms with E-state index in [-0.39, 0.29) is 12.5 Å². The highest BCUT2D eigenvalue weighted by molar-refractivity contribution is 7.11. The number of aliphatic imine (C=N–C) groups is 1. The standard InChI is InChI=1S/C15H25N5OS/c1-16-15(17-9-14(21)19(2)3)20(4)10-13-18-11-7-5-6-8-12(11)22-13/h5-10H2,1-4H3,(H,16,17). The minimum atomic E-state index is 0.0271. The van der Waals surface area contributed by atoms with Gasteiger partial charge in [0.1, 0.15) is 5.01 Å². The third kappa shape index (κ3) is 4.19. The highest BCUT2D eigenvalue weighted by Crippen LogP contribution is 2.27. The minimum absolute atomic E-state index is 0.0271. The molecule has 1 heterocycles. The second-order valence-corrected chi connectivity index (χ2v) is 6.90. The third-order valence-corrected chi connectivity index (χ3v) is 4.87. The van der Waals surface area contributed by atoms with E-state index >= 15 is 0 Å². The average molecular weight is 323 g/mol. The summed E-state index contributed by atoms with van der Waals surface area (Å²) in [5, 5.41) is 4.22. The first kappa shape index (κ1) is 16.7. The molecule has 0 saturated heterocycles. The molecule has 6 nitrogen and oxygen atoms in total. The van der Waals surface area contributed by atoms with Gasteiger partial charge in [0.25, 0.3) is 0 Å². The number of guanidine groups is 1. The topological polar surface area (TPSA) is 60.8 Å². The molecule has 1 aromatic heterocycles. The smallest absolute Gasteiger partial charge is 0.241 e. The van der Waals surface area contributed by atoms with Crippen molar-refractivity contribution in [2.75, 3.05) is 34.7 Å². The highest BCUT2D eigenvalue weighted by atomic mass is 32.1. The van der Waals surface area contributed by atoms with Crippen molar-refractivity contribution in [3.63, 3.8) is 0 Å². The highest BCUT2D eigenvalue weighted by Gasteiger charge is 2.17. The third-order valence-electron chi connectivity index (χ3n) is 3.73. The Morgan fingerprint density at radius 2 is 2.05 bits per heavy atom. The average Bonchev–Trinajstić information content (AvgIpc) is 2.89. The van der Waals surface area contributed by atoms with Gasteiger partial charge in [0, 0.05) is 33.1 Å². The zero-order valence-corrected chi connectivity index (χ0v) is 14.7. The SMILES string of the molecule is CN=C(NCC(=O)N(C)C)N(C)Cc1nc2c(s1)CCCC2. The van der Waals surface area contributed by atoms with E-state index in [4.69, 9.17) is 4.98 Å². The van der Waals surface area contributed by atoms with Gasteiger partial charge in [-0.15, -0.1) is 11.3 Å². The molecule has 2 rings (SSSR count). The Morgan fingerprint density at radius 1 is 1.32 bits per heavy atom. The Balaban J connectivity index is 1.93. The first-order chi connectivity index (χ1) is 10.5. The summed E-state index contributed by atoms with van der Waals surface area (Å²) >= 11 is 1.81. The van der Waals surface area contributed by atoms with Crippen LogP contribution in [0.15, 0.2) is 4.99 Å². The normalized spacial score (nSPS) is 14.5. The zero-order valence-electron chi connectivity index (χ0n) is 13.8. The summed E-state index contributed by atoms with van der Waals surface area (Å²) in [5.74, 6) is 0.739. The lowest BCUT2D eigenvalue weighted by molar-refractivity contribution is -0.127. The number of nitrogens with zero attached hydrogens (tertiary/aromatic N) is 4. The van der Waals surface area contributed by atoms with Gasteiger partial charge >= 0.3 is 0 Å². The molecule has 1 N–H and O–H groups in total. The fourth-order valence-electron chi connectivity index (χ4n) is 2.45. The van der Waals surface area contributed by atoms with Gasteiger partial charge in [-0.1, -0.05) is 0 Å². The second kappa shape index (κ2) is 7.58. The summed E-state index contributed by atoms with van der Waals surface area (Å²) < 4.78 is 0. The van der Waals surface area contributed by atoms with Gasteiger partial charge in [-0.3, -0.25) is 9.79 Å². The summed E-state index contributed by atoms with van der Waals surface area (Å²) in [7, 11) is 7.19. The molecular weight excluding hydrogens is 298 g/mol. The van der Waals surface area contributed by atoms with E-state index in [2.05, 4.69) is 10.3 Å². The minimum Gasteiger partial charge on any atom is -0.347 e. The van der Waals surface area contributed by atoms with Crippen molar-refractivity contribution in [3.05, 3.63) is 15.6 Å². The second-order valence-electron chi connectivity index (χ2n) is 5.73. The lowest BCUT2D eigenvalue weighted by Crippen LogP contribution is -2.43. The van der Waals surface area contributed by atoms with Crippen molar-refractivity contribution in [1.82, 2.24) is 20.1 Å². The van der Waals surface area contributed by atoms with Crippen molar-refractivity contribution in [2.45, 2.75) is 32.2 Å². The number of likely N-dealkylation sites (N-methyl/N-ethyl adjacent to an activating group) is 1. The Bertz CT molecular complexity index is 529. The molecule has 0 saturated carbocycles. The number of fused-ring (bicyclic) bond motifs is 1. The van der Waals surface area contributed by atoms with E-state index in [1.165, 1.54) is 29.8 Å². The molecule has 0 spiro atoms. The monoisotopic (exact) mass is 323 g/mol. The molecule has 0 unspecified atom stereocenters. The van der Waals surface area contributed by atoms with Gasteiger partial charge < -0.3 is 15.1 Å². The number of hydrogen-bond acceptors (Lipinski definition) is 4. The molecule has 1 aliphatic rings. The van der Waals surface area contributed by atoms with E-state index in [1.54, 1.807) is 26.0 Å². The largest absolute Gasteiger partial charge is 0.347 e. The Morgan fingerprint density at radius 3 is 2.68 bits per heavy atom. The van der Waals surface area contributed by atoms with Gasteiger partial charge in [-0.25, -0.2) is 4.98 Å². The van der Waals surface area contributed by atoms with Crippen molar-refractivity contribution in [1.29, 1.82) is 0 Å². The van der Waals surface area contributed by atoms with Crippen LogP contribution in [0.3, 0.4) is 0 Å². The summed E-state index contributed by atoms with van der Waals surface area (Å²) in [6.07, 6.45) is 4.81. The van der Waals surface area contributed by atoms with Gasteiger partial charge in [0.2, 0.25) is 5.91 Å². The number of carbonyl (C=O) groups excluding carboxylic acids is 1. The van der Waals surface area contributed by atoms with Gasteiger partial charge in [0.15, 0.2) is 5.96 Å². The first-order valence-electron chi connectivity index (χ1n) is 7.60. The van der Waals surface area contributed by atoms with Crippen LogP contribution in [0.4, 0.5) is 0 Å². The van der Waals surface area contributed by atoms with Crippen LogP contribution < -0.4 is 5.32 Å². The number of rotatable bonds is 4. The van der Waals surface area contributed by atoms with Crippen LogP contribution in [0.25, 0.3) is 0 Å². The van der Waals surface area contributed by atoms with E-state index in [1.807, 2.05) is 23.3 Å². The number of aromatic nitrogens is 1. The summed E-state index contributed by atoms with van der Waals surface area (Å²) in [5.41, 5.74) is 1.28. The molecule has 122 valence electrons. The molecule has 1 amide bonds. The Kier molecular flexibility index (Phi) is 5.76. The van der Waals surface area contributed by atoms with Gasteiger partial charge in [0.05, 0.1) is 18.8 Å². The Labute approximate surface area is 136 Å². The van der Waals surface area contributed by atoms with E-state index < -0.39 is 0 Å². The van der Waals surface area contributed by atoms with Crippen molar-refractivity contribution >= 4 is 23.2 Å². The van der Waals surface area contributed by atoms with E-state index in [0.717, 1.165) is 11.4 Å². The van der Waals surface area contributed by atoms with Gasteiger partial charge in [-0.05, 0) is 25.7 Å². The lowest BCUT2D eigenvalue weighted by Gasteiger charge is -2.21. The quantitative estimate of drug-likeness (QED) is 0.666. The number of aryl methyl sites for hydroxylation is 2. The zero-order chi connectivity index (χ0) is 16.1. The van der Waals surface area contributed by atoms with Crippen LogP contribution in [0, 0.1) is 0 Å². The molecule has 0 aliphatic heterocycles. The number of amides is 1. The lowest BCUT2D eigenvalue weighted by atomic mass is 10.0. The van der Waals surface area contributed by atoms with Gasteiger partial charge in [-0.2, -0.15) is 0 Å². The molecule has 0 fully saturated rings. The molecule has 7 heteroatoms. The van der Waals surface area contributed by atoms with Crippen molar-refractivity contribution in [2.24, 2.45) is 4.99 Å². The van der Waals surface area contributed by atoms with E-state index in [0.29, 0.717) is 12.5 Å².